The summed E-state index contributed by atoms with van der Waals surface area (Å²) in [6.07, 6.45) is 1.15. The van der Waals surface area contributed by atoms with Gasteiger partial charge in [-0.2, -0.15) is 0 Å². The largest absolute Gasteiger partial charge is 0.488 e. The second kappa shape index (κ2) is 5.35. The zero-order valence-electron chi connectivity index (χ0n) is 10.7. The van der Waals surface area contributed by atoms with Crippen molar-refractivity contribution < 1.29 is 9.66 Å². The Morgan fingerprint density at radius 1 is 1.50 bits per heavy atom. The molecule has 98 valence electrons. The maximum Gasteiger partial charge on any atom is 0.276 e. The third-order valence-electron chi connectivity index (χ3n) is 3.49. The monoisotopic (exact) mass is 250 g/mol. The van der Waals surface area contributed by atoms with E-state index in [9.17, 15) is 10.1 Å². The van der Waals surface area contributed by atoms with Crippen LogP contribution in [0.2, 0.25) is 0 Å². The number of hydrogen-bond acceptors (Lipinski definition) is 4. The van der Waals surface area contributed by atoms with Gasteiger partial charge < -0.3 is 10.1 Å². The van der Waals surface area contributed by atoms with E-state index < -0.39 is 0 Å². The van der Waals surface area contributed by atoms with Crippen molar-refractivity contribution >= 4 is 5.69 Å². The van der Waals surface area contributed by atoms with E-state index in [1.165, 1.54) is 6.07 Å². The van der Waals surface area contributed by atoms with Gasteiger partial charge in [0.2, 0.25) is 0 Å². The quantitative estimate of drug-likeness (QED) is 0.660. The Kier molecular flexibility index (Phi) is 3.81. The molecule has 1 fully saturated rings. The van der Waals surface area contributed by atoms with Crippen LogP contribution in [-0.4, -0.2) is 24.1 Å². The fourth-order valence-corrected chi connectivity index (χ4v) is 2.21. The molecule has 2 atom stereocenters. The molecule has 0 aliphatic carbocycles. The van der Waals surface area contributed by atoms with E-state index in [0.29, 0.717) is 17.2 Å². The minimum absolute atomic E-state index is 0.0828. The first-order valence-electron chi connectivity index (χ1n) is 6.21. The molecule has 0 bridgehead atoms. The summed E-state index contributed by atoms with van der Waals surface area (Å²) in [7, 11) is 0. The average molecular weight is 250 g/mol. The average Bonchev–Trinajstić information content (AvgIpc) is 2.34. The molecule has 2 unspecified atom stereocenters. The number of hydrogen-bond donors (Lipinski definition) is 1. The highest BCUT2D eigenvalue weighted by molar-refractivity contribution is 5.48. The van der Waals surface area contributed by atoms with E-state index in [-0.39, 0.29) is 16.7 Å². The number of piperidine rings is 1. The molecule has 1 N–H and O–H groups in total. The van der Waals surface area contributed by atoms with E-state index in [0.717, 1.165) is 19.5 Å². The van der Waals surface area contributed by atoms with Gasteiger partial charge in [-0.1, -0.05) is 13.0 Å². The number of nitro groups is 1. The molecule has 5 heteroatoms. The van der Waals surface area contributed by atoms with Gasteiger partial charge in [0.25, 0.3) is 5.69 Å². The van der Waals surface area contributed by atoms with E-state index in [1.807, 2.05) is 0 Å². The van der Waals surface area contributed by atoms with Crippen LogP contribution >= 0.6 is 0 Å². The van der Waals surface area contributed by atoms with Crippen LogP contribution in [0.4, 0.5) is 5.69 Å². The van der Waals surface area contributed by atoms with Gasteiger partial charge >= 0.3 is 0 Å². The smallest absolute Gasteiger partial charge is 0.276 e. The molecule has 0 amide bonds. The maximum absolute atomic E-state index is 10.9. The maximum atomic E-state index is 10.9. The number of nitrogens with one attached hydrogen (secondary N) is 1. The summed E-state index contributed by atoms with van der Waals surface area (Å²) in [4.78, 5) is 10.5. The van der Waals surface area contributed by atoms with Gasteiger partial charge in [-0.05, 0) is 31.9 Å². The molecule has 1 saturated heterocycles. The molecule has 1 aliphatic heterocycles. The molecule has 18 heavy (non-hydrogen) atoms. The predicted octanol–water partition coefficient (Wildman–Crippen LogP) is 2.28. The number of rotatable bonds is 3. The Labute approximate surface area is 106 Å². The molecule has 1 heterocycles. The van der Waals surface area contributed by atoms with E-state index in [4.69, 9.17) is 4.74 Å². The first-order chi connectivity index (χ1) is 8.59. The highest BCUT2D eigenvalue weighted by Gasteiger charge is 2.24. The van der Waals surface area contributed by atoms with Crippen molar-refractivity contribution in [3.63, 3.8) is 0 Å². The summed E-state index contributed by atoms with van der Waals surface area (Å²) >= 11 is 0. The fourth-order valence-electron chi connectivity index (χ4n) is 2.21. The van der Waals surface area contributed by atoms with Crippen LogP contribution in [0, 0.1) is 23.0 Å². The second-order valence-corrected chi connectivity index (χ2v) is 4.78. The van der Waals surface area contributed by atoms with Crippen molar-refractivity contribution in [1.29, 1.82) is 0 Å². The lowest BCUT2D eigenvalue weighted by atomic mass is 9.97. The number of nitrogens with zero attached hydrogens (tertiary/aromatic N) is 1. The number of nitro benzene ring substituents is 1. The van der Waals surface area contributed by atoms with Crippen LogP contribution < -0.4 is 10.1 Å². The minimum Gasteiger partial charge on any atom is -0.488 e. The molecule has 0 radical (unpaired) electrons. The lowest BCUT2D eigenvalue weighted by Gasteiger charge is -2.30. The Bertz CT molecular complexity index is 448. The summed E-state index contributed by atoms with van der Waals surface area (Å²) in [5.41, 5.74) is 0.712. The summed E-state index contributed by atoms with van der Waals surface area (Å²) in [5, 5.41) is 14.2. The van der Waals surface area contributed by atoms with Crippen LogP contribution in [0.25, 0.3) is 0 Å². The van der Waals surface area contributed by atoms with Gasteiger partial charge in [0.1, 0.15) is 11.9 Å². The molecule has 5 nitrogen and oxygen atoms in total. The summed E-state index contributed by atoms with van der Waals surface area (Å²) in [6, 6.07) is 4.97. The molecule has 1 aromatic rings. The molecule has 1 aliphatic rings. The van der Waals surface area contributed by atoms with Gasteiger partial charge in [0, 0.05) is 12.6 Å². The van der Waals surface area contributed by atoms with Crippen molar-refractivity contribution in [3.05, 3.63) is 33.9 Å². The molecule has 0 saturated carbocycles. The molecular formula is C13H18N2O3. The summed E-state index contributed by atoms with van der Waals surface area (Å²) in [6.45, 7) is 5.69. The van der Waals surface area contributed by atoms with Crippen LogP contribution in [-0.2, 0) is 0 Å². The normalized spacial score (nSPS) is 23.7. The molecule has 2 rings (SSSR count). The van der Waals surface area contributed by atoms with Gasteiger partial charge in [-0.25, -0.2) is 0 Å². The van der Waals surface area contributed by atoms with Crippen molar-refractivity contribution in [2.24, 2.45) is 5.92 Å². The first-order valence-corrected chi connectivity index (χ1v) is 6.21. The molecule has 1 aromatic carbocycles. The van der Waals surface area contributed by atoms with E-state index >= 15 is 0 Å². The van der Waals surface area contributed by atoms with Gasteiger partial charge in [-0.3, -0.25) is 10.1 Å². The van der Waals surface area contributed by atoms with Crippen LogP contribution in [0.15, 0.2) is 18.2 Å². The van der Waals surface area contributed by atoms with Gasteiger partial charge in [0.05, 0.1) is 10.5 Å². The fraction of sp³-hybridized carbons (Fsp3) is 0.538. The number of ether oxygens (including phenoxy) is 1. The van der Waals surface area contributed by atoms with Crippen LogP contribution in [0.5, 0.6) is 5.75 Å². The van der Waals surface area contributed by atoms with Crippen molar-refractivity contribution in [2.75, 3.05) is 13.1 Å². The van der Waals surface area contributed by atoms with E-state index in [2.05, 4.69) is 12.2 Å². The Morgan fingerprint density at radius 2 is 2.28 bits per heavy atom. The SMILES string of the molecule is Cc1c(OC2CNCCC2C)cccc1[N+](=O)[O-]. The Morgan fingerprint density at radius 3 is 2.94 bits per heavy atom. The van der Waals surface area contributed by atoms with Crippen LogP contribution in [0.3, 0.4) is 0 Å². The zero-order valence-corrected chi connectivity index (χ0v) is 10.7. The molecular weight excluding hydrogens is 232 g/mol. The highest BCUT2D eigenvalue weighted by atomic mass is 16.6. The third-order valence-corrected chi connectivity index (χ3v) is 3.49. The Balaban J connectivity index is 2.18. The minimum atomic E-state index is -0.370. The second-order valence-electron chi connectivity index (χ2n) is 4.78. The van der Waals surface area contributed by atoms with Crippen molar-refractivity contribution in [2.45, 2.75) is 26.4 Å². The summed E-state index contributed by atoms with van der Waals surface area (Å²) < 4.78 is 5.92. The number of benzene rings is 1. The first kappa shape index (κ1) is 12.8. The standard InChI is InChI=1S/C13H18N2O3/c1-9-6-7-14-8-13(9)18-12-5-3-4-11(10(12)2)15(16)17/h3-5,9,13-14H,6-8H2,1-2H3. The molecule has 0 aromatic heterocycles. The predicted molar refractivity (Wildman–Crippen MR) is 68.9 cm³/mol. The van der Waals surface area contributed by atoms with Gasteiger partial charge in [0.15, 0.2) is 0 Å². The van der Waals surface area contributed by atoms with E-state index in [1.54, 1.807) is 19.1 Å². The lowest BCUT2D eigenvalue weighted by molar-refractivity contribution is -0.385. The summed E-state index contributed by atoms with van der Waals surface area (Å²) in [5.74, 6) is 1.08. The zero-order chi connectivity index (χ0) is 13.1. The topological polar surface area (TPSA) is 64.4 Å². The van der Waals surface area contributed by atoms with Crippen molar-refractivity contribution in [1.82, 2.24) is 5.32 Å². The molecule has 0 spiro atoms. The lowest BCUT2D eigenvalue weighted by Crippen LogP contribution is -2.42. The van der Waals surface area contributed by atoms with Crippen LogP contribution in [0.1, 0.15) is 18.9 Å². The van der Waals surface area contributed by atoms with Crippen molar-refractivity contribution in [3.8, 4) is 5.75 Å². The Hall–Kier alpha value is -1.62. The highest BCUT2D eigenvalue weighted by Crippen LogP contribution is 2.29. The third kappa shape index (κ3) is 2.61. The van der Waals surface area contributed by atoms with Gasteiger partial charge in [-0.15, -0.1) is 0 Å².